The second-order valence-corrected chi connectivity index (χ2v) is 10.1. The normalized spacial score (nSPS) is 11.3. The number of carbonyl (C=O) groups is 1. The number of rotatable bonds is 10. The summed E-state index contributed by atoms with van der Waals surface area (Å²) in [6, 6.07) is 19.2. The minimum atomic E-state index is -3.82. The van der Waals surface area contributed by atoms with Gasteiger partial charge in [0.2, 0.25) is 10.0 Å². The van der Waals surface area contributed by atoms with Gasteiger partial charge < -0.3 is 9.47 Å². The lowest BCUT2D eigenvalue weighted by Crippen LogP contribution is -2.39. The highest BCUT2D eigenvalue weighted by Gasteiger charge is 2.23. The SMILES string of the molecule is COc1cc(/C=N\NC(=O)CN(c2cc(Cl)ccc2Cl)S(C)(=O)=O)ccc1OCc1ccccc1. The van der Waals surface area contributed by atoms with Crippen LogP contribution in [0.4, 0.5) is 5.69 Å². The smallest absolute Gasteiger partial charge is 0.260 e. The van der Waals surface area contributed by atoms with Crippen LogP contribution in [0.3, 0.4) is 0 Å². The van der Waals surface area contributed by atoms with Gasteiger partial charge in [0, 0.05) is 5.02 Å². The number of halogens is 2. The average Bonchev–Trinajstić information content (AvgIpc) is 2.83. The van der Waals surface area contributed by atoms with Crippen molar-refractivity contribution in [2.75, 3.05) is 24.2 Å². The minimum Gasteiger partial charge on any atom is -0.493 e. The molecule has 3 rings (SSSR count). The number of hydrogen-bond acceptors (Lipinski definition) is 6. The fourth-order valence-corrected chi connectivity index (χ4v) is 4.32. The zero-order chi connectivity index (χ0) is 25.4. The van der Waals surface area contributed by atoms with E-state index in [1.54, 1.807) is 18.2 Å². The number of carbonyl (C=O) groups excluding carboxylic acids is 1. The number of amides is 1. The number of ether oxygens (including phenoxy) is 2. The predicted octanol–water partition coefficient (Wildman–Crippen LogP) is 4.50. The van der Waals surface area contributed by atoms with Crippen LogP contribution < -0.4 is 19.2 Å². The van der Waals surface area contributed by atoms with Crippen molar-refractivity contribution in [3.63, 3.8) is 0 Å². The lowest BCUT2D eigenvalue weighted by atomic mass is 10.2. The topological polar surface area (TPSA) is 97.3 Å². The van der Waals surface area contributed by atoms with Crippen molar-refractivity contribution in [2.45, 2.75) is 6.61 Å². The van der Waals surface area contributed by atoms with Crippen LogP contribution in [0.15, 0.2) is 71.8 Å². The van der Waals surface area contributed by atoms with E-state index in [1.807, 2.05) is 30.3 Å². The van der Waals surface area contributed by atoms with Crippen LogP contribution in [0.1, 0.15) is 11.1 Å². The van der Waals surface area contributed by atoms with E-state index in [0.29, 0.717) is 23.7 Å². The minimum absolute atomic E-state index is 0.0941. The molecule has 0 atom stereocenters. The zero-order valence-electron chi connectivity index (χ0n) is 18.9. The Balaban J connectivity index is 1.65. The van der Waals surface area contributed by atoms with E-state index in [4.69, 9.17) is 32.7 Å². The Hall–Kier alpha value is -3.27. The second kappa shape index (κ2) is 11.9. The van der Waals surface area contributed by atoms with Gasteiger partial charge in [0.15, 0.2) is 11.5 Å². The first-order valence-corrected chi connectivity index (χ1v) is 12.9. The molecule has 0 spiro atoms. The molecule has 11 heteroatoms. The molecule has 1 amide bonds. The van der Waals surface area contributed by atoms with E-state index in [1.165, 1.54) is 31.5 Å². The Morgan fingerprint density at radius 1 is 1.06 bits per heavy atom. The summed E-state index contributed by atoms with van der Waals surface area (Å²) < 4.78 is 36.6. The van der Waals surface area contributed by atoms with Crippen molar-refractivity contribution in [2.24, 2.45) is 5.10 Å². The van der Waals surface area contributed by atoms with Gasteiger partial charge >= 0.3 is 0 Å². The van der Waals surface area contributed by atoms with Crippen LogP contribution in [0.5, 0.6) is 11.5 Å². The molecular formula is C24H23Cl2N3O5S. The highest BCUT2D eigenvalue weighted by Crippen LogP contribution is 2.31. The molecule has 0 saturated heterocycles. The number of anilines is 1. The Bertz CT molecular complexity index is 1320. The van der Waals surface area contributed by atoms with Gasteiger partial charge in [-0.05, 0) is 47.5 Å². The van der Waals surface area contributed by atoms with Gasteiger partial charge in [0.25, 0.3) is 5.91 Å². The van der Waals surface area contributed by atoms with Crippen molar-refractivity contribution >= 4 is 51.0 Å². The summed E-state index contributed by atoms with van der Waals surface area (Å²) in [5.74, 6) is 0.382. The molecule has 184 valence electrons. The second-order valence-electron chi connectivity index (χ2n) is 7.34. The van der Waals surface area contributed by atoms with Crippen molar-refractivity contribution in [1.29, 1.82) is 0 Å². The van der Waals surface area contributed by atoms with Crippen molar-refractivity contribution < 1.29 is 22.7 Å². The fourth-order valence-electron chi connectivity index (χ4n) is 3.02. The molecule has 0 aliphatic heterocycles. The number of nitrogens with one attached hydrogen (secondary N) is 1. The van der Waals surface area contributed by atoms with E-state index in [9.17, 15) is 13.2 Å². The standard InChI is InChI=1S/C24H23Cl2N3O5S/c1-33-23-12-18(8-11-22(23)34-16-17-6-4-3-5-7-17)14-27-28-24(30)15-29(35(2,31)32)21-13-19(25)9-10-20(21)26/h3-14H,15-16H2,1-2H3,(H,28,30)/b27-14-. The van der Waals surface area contributed by atoms with E-state index in [2.05, 4.69) is 10.5 Å². The summed E-state index contributed by atoms with van der Waals surface area (Å²) in [5, 5.41) is 4.32. The molecule has 0 heterocycles. The number of benzene rings is 3. The van der Waals surface area contributed by atoms with E-state index >= 15 is 0 Å². The molecule has 0 aliphatic carbocycles. The third kappa shape index (κ3) is 7.61. The maximum Gasteiger partial charge on any atom is 0.260 e. The van der Waals surface area contributed by atoms with Gasteiger partial charge in [0.05, 0.1) is 30.3 Å². The van der Waals surface area contributed by atoms with Crippen LogP contribution >= 0.6 is 23.2 Å². The average molecular weight is 536 g/mol. The molecule has 0 fully saturated rings. The van der Waals surface area contributed by atoms with Gasteiger partial charge in [-0.3, -0.25) is 9.10 Å². The highest BCUT2D eigenvalue weighted by molar-refractivity contribution is 7.92. The van der Waals surface area contributed by atoms with Crippen LogP contribution in [-0.2, 0) is 21.4 Å². The molecule has 0 aliphatic rings. The number of nitrogens with zero attached hydrogens (tertiary/aromatic N) is 2. The molecule has 1 N–H and O–H groups in total. The summed E-state index contributed by atoms with van der Waals surface area (Å²) in [7, 11) is -2.30. The molecule has 3 aromatic rings. The third-order valence-electron chi connectivity index (χ3n) is 4.69. The molecule has 0 saturated carbocycles. The zero-order valence-corrected chi connectivity index (χ0v) is 21.3. The van der Waals surface area contributed by atoms with E-state index in [-0.39, 0.29) is 15.7 Å². The quantitative estimate of drug-likeness (QED) is 0.304. The van der Waals surface area contributed by atoms with Gasteiger partial charge in [-0.15, -0.1) is 0 Å². The van der Waals surface area contributed by atoms with Crippen molar-refractivity contribution in [3.05, 3.63) is 87.9 Å². The van der Waals surface area contributed by atoms with Gasteiger partial charge in [-0.1, -0.05) is 53.5 Å². The lowest BCUT2D eigenvalue weighted by Gasteiger charge is -2.22. The predicted molar refractivity (Wildman–Crippen MR) is 138 cm³/mol. The first-order chi connectivity index (χ1) is 16.7. The Morgan fingerprint density at radius 2 is 1.80 bits per heavy atom. The van der Waals surface area contributed by atoms with Gasteiger partial charge in [-0.25, -0.2) is 13.8 Å². The first-order valence-electron chi connectivity index (χ1n) is 10.3. The molecular weight excluding hydrogens is 513 g/mol. The number of methoxy groups -OCH3 is 1. The maximum absolute atomic E-state index is 12.4. The summed E-state index contributed by atoms with van der Waals surface area (Å²) in [6.07, 6.45) is 2.37. The Kier molecular flexibility index (Phi) is 8.97. The number of hydrogen-bond donors (Lipinski definition) is 1. The largest absolute Gasteiger partial charge is 0.493 e. The van der Waals surface area contributed by atoms with Crippen LogP contribution in [0.2, 0.25) is 10.0 Å². The molecule has 0 bridgehead atoms. The summed E-state index contributed by atoms with van der Waals surface area (Å²) in [6.45, 7) is -0.153. The highest BCUT2D eigenvalue weighted by atomic mass is 35.5. The summed E-state index contributed by atoms with van der Waals surface area (Å²) in [5.41, 5.74) is 4.06. The van der Waals surface area contributed by atoms with Crippen molar-refractivity contribution in [1.82, 2.24) is 5.43 Å². The van der Waals surface area contributed by atoms with Crippen LogP contribution in [0.25, 0.3) is 0 Å². The van der Waals surface area contributed by atoms with Crippen LogP contribution in [-0.4, -0.2) is 40.4 Å². The van der Waals surface area contributed by atoms with Gasteiger partial charge in [-0.2, -0.15) is 5.10 Å². The first kappa shape index (κ1) is 26.3. The van der Waals surface area contributed by atoms with E-state index in [0.717, 1.165) is 16.1 Å². The molecule has 0 unspecified atom stereocenters. The van der Waals surface area contributed by atoms with E-state index < -0.39 is 22.5 Å². The monoisotopic (exact) mass is 535 g/mol. The third-order valence-corrected chi connectivity index (χ3v) is 6.37. The van der Waals surface area contributed by atoms with Gasteiger partial charge in [0.1, 0.15) is 13.2 Å². The number of hydrazone groups is 1. The lowest BCUT2D eigenvalue weighted by molar-refractivity contribution is -0.119. The molecule has 3 aromatic carbocycles. The summed E-state index contributed by atoms with van der Waals surface area (Å²) >= 11 is 12.1. The molecule has 35 heavy (non-hydrogen) atoms. The maximum atomic E-state index is 12.4. The molecule has 8 nitrogen and oxygen atoms in total. The molecule has 0 aromatic heterocycles. The summed E-state index contributed by atoms with van der Waals surface area (Å²) in [4.78, 5) is 12.4. The Morgan fingerprint density at radius 3 is 2.49 bits per heavy atom. The Labute approximate surface area is 214 Å². The van der Waals surface area contributed by atoms with Crippen LogP contribution in [0, 0.1) is 0 Å². The number of sulfonamides is 1. The van der Waals surface area contributed by atoms with Crippen molar-refractivity contribution in [3.8, 4) is 11.5 Å². The molecule has 0 radical (unpaired) electrons. The fraction of sp³-hybridized carbons (Fsp3) is 0.167.